The van der Waals surface area contributed by atoms with Gasteiger partial charge in [-0.25, -0.2) is 0 Å². The van der Waals surface area contributed by atoms with Crippen LogP contribution in [0, 0.1) is 0 Å². The molecule has 0 aliphatic heterocycles. The predicted octanol–water partition coefficient (Wildman–Crippen LogP) is 3.60. The summed E-state index contributed by atoms with van der Waals surface area (Å²) in [5, 5.41) is 22.1. The number of ether oxygens (including phenoxy) is 2. The van der Waals surface area contributed by atoms with Gasteiger partial charge in [0.15, 0.2) is 0 Å². The van der Waals surface area contributed by atoms with Gasteiger partial charge in [0.1, 0.15) is 22.7 Å². The molecule has 0 heterocycles. The van der Waals surface area contributed by atoms with Crippen molar-refractivity contribution in [1.82, 2.24) is 0 Å². The van der Waals surface area contributed by atoms with E-state index in [2.05, 4.69) is 0 Å². The van der Waals surface area contributed by atoms with Crippen LogP contribution in [0.5, 0.6) is 11.5 Å². The van der Waals surface area contributed by atoms with Gasteiger partial charge in [0.2, 0.25) is 0 Å². The van der Waals surface area contributed by atoms with Gasteiger partial charge in [-0.2, -0.15) is 0 Å². The molecular formula is C20H26O4. The molecule has 2 aromatic rings. The standard InChI is InChI=1S/C20H26O4/c1-5-23-17-11-7-15(8-12-17)19(3,21)20(4,22)16-9-13-18(14-10-16)24-6-2/h7-14,21-22H,5-6H2,1-4H3. The minimum absolute atomic E-state index is 0.583. The van der Waals surface area contributed by atoms with Gasteiger partial charge in [-0.05, 0) is 63.1 Å². The topological polar surface area (TPSA) is 58.9 Å². The van der Waals surface area contributed by atoms with E-state index >= 15 is 0 Å². The maximum absolute atomic E-state index is 11.0. The van der Waals surface area contributed by atoms with Gasteiger partial charge < -0.3 is 19.7 Å². The van der Waals surface area contributed by atoms with Gasteiger partial charge in [0, 0.05) is 0 Å². The zero-order valence-electron chi connectivity index (χ0n) is 14.7. The molecule has 2 atom stereocenters. The first-order valence-electron chi connectivity index (χ1n) is 8.24. The zero-order valence-corrected chi connectivity index (χ0v) is 14.7. The molecule has 0 radical (unpaired) electrons. The summed E-state index contributed by atoms with van der Waals surface area (Å²) in [5.74, 6) is 1.47. The molecule has 4 heteroatoms. The number of hydrogen-bond acceptors (Lipinski definition) is 4. The number of aliphatic hydroxyl groups is 2. The van der Waals surface area contributed by atoms with Gasteiger partial charge in [-0.15, -0.1) is 0 Å². The average molecular weight is 330 g/mol. The van der Waals surface area contributed by atoms with E-state index in [0.29, 0.717) is 24.3 Å². The Morgan fingerprint density at radius 2 is 0.958 bits per heavy atom. The minimum atomic E-state index is -1.47. The van der Waals surface area contributed by atoms with Gasteiger partial charge >= 0.3 is 0 Å². The molecule has 0 saturated carbocycles. The monoisotopic (exact) mass is 330 g/mol. The van der Waals surface area contributed by atoms with Crippen LogP contribution in [-0.4, -0.2) is 23.4 Å². The number of hydrogen-bond donors (Lipinski definition) is 2. The molecule has 0 saturated heterocycles. The SMILES string of the molecule is CCOc1ccc(C(C)(O)C(C)(O)c2ccc(OCC)cc2)cc1. The molecule has 0 spiro atoms. The molecule has 2 rings (SSSR count). The summed E-state index contributed by atoms with van der Waals surface area (Å²) in [6.45, 7) is 8.22. The maximum atomic E-state index is 11.0. The van der Waals surface area contributed by atoms with Gasteiger partial charge in [-0.3, -0.25) is 0 Å². The molecule has 130 valence electrons. The Balaban J connectivity index is 2.30. The molecule has 2 N–H and O–H groups in total. The van der Waals surface area contributed by atoms with Gasteiger partial charge in [0.25, 0.3) is 0 Å². The van der Waals surface area contributed by atoms with Crippen LogP contribution in [0.2, 0.25) is 0 Å². The van der Waals surface area contributed by atoms with Crippen LogP contribution in [0.25, 0.3) is 0 Å². The summed E-state index contributed by atoms with van der Waals surface area (Å²) in [7, 11) is 0. The quantitative estimate of drug-likeness (QED) is 0.814. The normalized spacial score (nSPS) is 16.1. The lowest BCUT2D eigenvalue weighted by molar-refractivity contribution is -0.143. The highest BCUT2D eigenvalue weighted by Crippen LogP contribution is 2.41. The number of benzene rings is 2. The Hall–Kier alpha value is -2.04. The van der Waals surface area contributed by atoms with E-state index in [1.54, 1.807) is 62.4 Å². The Bertz CT molecular complexity index is 583. The lowest BCUT2D eigenvalue weighted by Crippen LogP contribution is -2.45. The van der Waals surface area contributed by atoms with E-state index in [9.17, 15) is 10.2 Å². The zero-order chi connectivity index (χ0) is 17.8. The third kappa shape index (κ3) is 3.55. The highest BCUT2D eigenvalue weighted by Gasteiger charge is 2.44. The number of rotatable bonds is 7. The van der Waals surface area contributed by atoms with Crippen LogP contribution in [0.1, 0.15) is 38.8 Å². The Labute approximate surface area is 143 Å². The lowest BCUT2D eigenvalue weighted by Gasteiger charge is -2.39. The largest absolute Gasteiger partial charge is 0.494 e. The maximum Gasteiger partial charge on any atom is 0.119 e. The molecule has 24 heavy (non-hydrogen) atoms. The van der Waals surface area contributed by atoms with Crippen LogP contribution in [0.15, 0.2) is 48.5 Å². The van der Waals surface area contributed by atoms with Crippen LogP contribution >= 0.6 is 0 Å². The van der Waals surface area contributed by atoms with E-state index in [1.807, 2.05) is 13.8 Å². The predicted molar refractivity (Wildman–Crippen MR) is 94.4 cm³/mol. The second-order valence-corrected chi connectivity index (χ2v) is 6.06. The Morgan fingerprint density at radius 3 is 1.21 bits per heavy atom. The molecule has 0 aliphatic carbocycles. The van der Waals surface area contributed by atoms with Crippen molar-refractivity contribution in [3.63, 3.8) is 0 Å². The fourth-order valence-corrected chi connectivity index (χ4v) is 2.65. The lowest BCUT2D eigenvalue weighted by atomic mass is 9.76. The van der Waals surface area contributed by atoms with E-state index in [-0.39, 0.29) is 0 Å². The van der Waals surface area contributed by atoms with Crippen LogP contribution in [-0.2, 0) is 11.2 Å². The summed E-state index contributed by atoms with van der Waals surface area (Å²) in [4.78, 5) is 0. The van der Waals surface area contributed by atoms with Crippen molar-refractivity contribution < 1.29 is 19.7 Å². The van der Waals surface area contributed by atoms with Crippen molar-refractivity contribution in [2.75, 3.05) is 13.2 Å². The Kier molecular flexibility index (Phi) is 5.52. The van der Waals surface area contributed by atoms with Crippen LogP contribution in [0.4, 0.5) is 0 Å². The Morgan fingerprint density at radius 1 is 0.667 bits per heavy atom. The fraction of sp³-hybridized carbons (Fsp3) is 0.400. The van der Waals surface area contributed by atoms with E-state index in [0.717, 1.165) is 11.5 Å². The first-order chi connectivity index (χ1) is 11.3. The summed E-state index contributed by atoms with van der Waals surface area (Å²) in [6.07, 6.45) is 0. The van der Waals surface area contributed by atoms with Gasteiger partial charge in [-0.1, -0.05) is 24.3 Å². The van der Waals surface area contributed by atoms with Crippen LogP contribution < -0.4 is 9.47 Å². The third-order valence-electron chi connectivity index (χ3n) is 4.40. The average Bonchev–Trinajstić information content (AvgIpc) is 2.56. The highest BCUT2D eigenvalue weighted by molar-refractivity contribution is 5.37. The minimum Gasteiger partial charge on any atom is -0.494 e. The molecule has 2 aromatic carbocycles. The smallest absolute Gasteiger partial charge is 0.119 e. The highest BCUT2D eigenvalue weighted by atomic mass is 16.5. The fourth-order valence-electron chi connectivity index (χ4n) is 2.65. The molecule has 2 unspecified atom stereocenters. The van der Waals surface area contributed by atoms with Crippen molar-refractivity contribution >= 4 is 0 Å². The summed E-state index contributed by atoms with van der Waals surface area (Å²) < 4.78 is 10.8. The molecular weight excluding hydrogens is 304 g/mol. The molecule has 0 fully saturated rings. The van der Waals surface area contributed by atoms with E-state index < -0.39 is 11.2 Å². The summed E-state index contributed by atoms with van der Waals surface area (Å²) in [5.41, 5.74) is -1.70. The van der Waals surface area contributed by atoms with E-state index in [1.165, 1.54) is 0 Å². The van der Waals surface area contributed by atoms with Crippen molar-refractivity contribution in [3.8, 4) is 11.5 Å². The molecule has 0 bridgehead atoms. The second-order valence-electron chi connectivity index (χ2n) is 6.06. The third-order valence-corrected chi connectivity index (χ3v) is 4.40. The second kappa shape index (κ2) is 7.24. The summed E-state index contributed by atoms with van der Waals surface area (Å²) >= 11 is 0. The van der Waals surface area contributed by atoms with Crippen LogP contribution in [0.3, 0.4) is 0 Å². The molecule has 0 aromatic heterocycles. The van der Waals surface area contributed by atoms with Crippen molar-refractivity contribution in [1.29, 1.82) is 0 Å². The molecule has 0 amide bonds. The molecule has 0 aliphatic rings. The first-order valence-corrected chi connectivity index (χ1v) is 8.24. The molecule has 4 nitrogen and oxygen atoms in total. The van der Waals surface area contributed by atoms with E-state index in [4.69, 9.17) is 9.47 Å². The van der Waals surface area contributed by atoms with Gasteiger partial charge in [0.05, 0.1) is 13.2 Å². The first kappa shape index (κ1) is 18.3. The van der Waals surface area contributed by atoms with Crippen molar-refractivity contribution in [2.24, 2.45) is 0 Å². The van der Waals surface area contributed by atoms with Crippen molar-refractivity contribution in [2.45, 2.75) is 38.9 Å². The summed E-state index contributed by atoms with van der Waals surface area (Å²) in [6, 6.07) is 14.3. The van der Waals surface area contributed by atoms with Crippen molar-refractivity contribution in [3.05, 3.63) is 59.7 Å².